The molecule has 0 saturated heterocycles. The SMILES string of the molecule is C=CCC(C)NCc1ncnn1CC(C)C. The Morgan fingerprint density at radius 2 is 2.25 bits per heavy atom. The van der Waals surface area contributed by atoms with Crippen LogP contribution in [0, 0.1) is 5.92 Å². The van der Waals surface area contributed by atoms with Crippen molar-refractivity contribution in [2.24, 2.45) is 5.92 Å². The lowest BCUT2D eigenvalue weighted by Crippen LogP contribution is -2.27. The van der Waals surface area contributed by atoms with Crippen LogP contribution in [0.5, 0.6) is 0 Å². The summed E-state index contributed by atoms with van der Waals surface area (Å²) < 4.78 is 1.97. The van der Waals surface area contributed by atoms with Crippen molar-refractivity contribution in [2.45, 2.75) is 46.3 Å². The normalized spacial score (nSPS) is 13.0. The molecule has 1 unspecified atom stereocenters. The Balaban J connectivity index is 2.47. The van der Waals surface area contributed by atoms with E-state index in [0.29, 0.717) is 12.0 Å². The molecule has 0 fully saturated rings. The molecule has 4 heteroatoms. The van der Waals surface area contributed by atoms with Crippen molar-refractivity contribution < 1.29 is 0 Å². The number of aromatic nitrogens is 3. The summed E-state index contributed by atoms with van der Waals surface area (Å²) in [6.07, 6.45) is 4.52. The van der Waals surface area contributed by atoms with Gasteiger partial charge in [-0.25, -0.2) is 9.67 Å². The second-order valence-corrected chi connectivity index (χ2v) is 4.56. The third-order valence-electron chi connectivity index (χ3n) is 2.36. The summed E-state index contributed by atoms with van der Waals surface area (Å²) in [6.45, 7) is 11.9. The maximum atomic E-state index is 4.26. The molecule has 0 aromatic carbocycles. The molecule has 0 aliphatic carbocycles. The summed E-state index contributed by atoms with van der Waals surface area (Å²) in [6, 6.07) is 0.432. The van der Waals surface area contributed by atoms with Gasteiger partial charge in [-0.05, 0) is 19.3 Å². The van der Waals surface area contributed by atoms with Crippen LogP contribution in [0.3, 0.4) is 0 Å². The standard InChI is InChI=1S/C12H22N4/c1-5-6-11(4)13-7-12-14-9-15-16(12)8-10(2)3/h5,9-11,13H,1,6-8H2,2-4H3. The third-order valence-corrected chi connectivity index (χ3v) is 2.36. The van der Waals surface area contributed by atoms with Crippen LogP contribution < -0.4 is 5.32 Å². The Kier molecular flexibility index (Phi) is 5.19. The molecule has 1 atom stereocenters. The quantitative estimate of drug-likeness (QED) is 0.717. The molecule has 1 heterocycles. The first-order chi connectivity index (χ1) is 7.63. The number of nitrogens with one attached hydrogen (secondary N) is 1. The van der Waals surface area contributed by atoms with E-state index in [1.54, 1.807) is 6.33 Å². The van der Waals surface area contributed by atoms with Gasteiger partial charge in [-0.3, -0.25) is 0 Å². The topological polar surface area (TPSA) is 42.7 Å². The molecule has 0 saturated carbocycles. The summed E-state index contributed by atoms with van der Waals surface area (Å²) in [5, 5.41) is 7.63. The van der Waals surface area contributed by atoms with Crippen LogP contribution in [0.2, 0.25) is 0 Å². The molecule has 0 bridgehead atoms. The van der Waals surface area contributed by atoms with Crippen LogP contribution in [0.25, 0.3) is 0 Å². The van der Waals surface area contributed by atoms with E-state index in [1.807, 2.05) is 10.8 Å². The molecule has 0 amide bonds. The monoisotopic (exact) mass is 222 g/mol. The smallest absolute Gasteiger partial charge is 0.140 e. The van der Waals surface area contributed by atoms with Gasteiger partial charge in [-0.1, -0.05) is 19.9 Å². The summed E-state index contributed by atoms with van der Waals surface area (Å²) in [5.41, 5.74) is 0. The van der Waals surface area contributed by atoms with Gasteiger partial charge in [0.05, 0.1) is 6.54 Å². The van der Waals surface area contributed by atoms with E-state index in [4.69, 9.17) is 0 Å². The van der Waals surface area contributed by atoms with Gasteiger partial charge in [-0.15, -0.1) is 6.58 Å². The minimum atomic E-state index is 0.432. The Morgan fingerprint density at radius 1 is 1.50 bits per heavy atom. The lowest BCUT2D eigenvalue weighted by Gasteiger charge is -2.12. The lowest BCUT2D eigenvalue weighted by atomic mass is 10.2. The van der Waals surface area contributed by atoms with Crippen LogP contribution >= 0.6 is 0 Å². The molecule has 0 spiro atoms. The first-order valence-corrected chi connectivity index (χ1v) is 5.84. The molecule has 0 aliphatic heterocycles. The van der Waals surface area contributed by atoms with Crippen LogP contribution in [0.15, 0.2) is 19.0 Å². The van der Waals surface area contributed by atoms with Crippen molar-refractivity contribution in [1.82, 2.24) is 20.1 Å². The molecular weight excluding hydrogens is 200 g/mol. The van der Waals surface area contributed by atoms with Crippen molar-refractivity contribution in [1.29, 1.82) is 0 Å². The first-order valence-electron chi connectivity index (χ1n) is 5.84. The van der Waals surface area contributed by atoms with Gasteiger partial charge >= 0.3 is 0 Å². The molecule has 0 radical (unpaired) electrons. The van der Waals surface area contributed by atoms with E-state index >= 15 is 0 Å². The molecule has 1 N–H and O–H groups in total. The zero-order valence-corrected chi connectivity index (χ0v) is 10.5. The predicted molar refractivity (Wildman–Crippen MR) is 66.0 cm³/mol. The summed E-state index contributed by atoms with van der Waals surface area (Å²) in [7, 11) is 0. The highest BCUT2D eigenvalue weighted by Gasteiger charge is 2.07. The van der Waals surface area contributed by atoms with Crippen molar-refractivity contribution >= 4 is 0 Å². The van der Waals surface area contributed by atoms with E-state index in [2.05, 4.69) is 42.7 Å². The number of hydrogen-bond donors (Lipinski definition) is 1. The van der Waals surface area contributed by atoms with Gasteiger partial charge in [0.15, 0.2) is 0 Å². The van der Waals surface area contributed by atoms with Crippen LogP contribution in [0.1, 0.15) is 33.0 Å². The Labute approximate surface area is 97.8 Å². The lowest BCUT2D eigenvalue weighted by molar-refractivity contribution is 0.447. The van der Waals surface area contributed by atoms with Gasteiger partial charge in [-0.2, -0.15) is 5.10 Å². The van der Waals surface area contributed by atoms with E-state index in [9.17, 15) is 0 Å². The highest BCUT2D eigenvalue weighted by Crippen LogP contribution is 2.01. The summed E-state index contributed by atoms with van der Waals surface area (Å²) in [4.78, 5) is 4.26. The minimum Gasteiger partial charge on any atom is -0.307 e. The highest BCUT2D eigenvalue weighted by molar-refractivity contribution is 4.86. The van der Waals surface area contributed by atoms with Crippen LogP contribution in [0.4, 0.5) is 0 Å². The Bertz CT molecular complexity index is 317. The van der Waals surface area contributed by atoms with E-state index in [1.165, 1.54) is 0 Å². The molecule has 1 aromatic rings. The Morgan fingerprint density at radius 3 is 2.88 bits per heavy atom. The maximum Gasteiger partial charge on any atom is 0.140 e. The van der Waals surface area contributed by atoms with Gasteiger partial charge < -0.3 is 5.32 Å². The third kappa shape index (κ3) is 4.14. The molecule has 90 valence electrons. The van der Waals surface area contributed by atoms with E-state index in [0.717, 1.165) is 25.3 Å². The van der Waals surface area contributed by atoms with Gasteiger partial charge in [0.1, 0.15) is 12.2 Å². The van der Waals surface area contributed by atoms with Crippen molar-refractivity contribution in [3.63, 3.8) is 0 Å². The molecule has 4 nitrogen and oxygen atoms in total. The summed E-state index contributed by atoms with van der Waals surface area (Å²) >= 11 is 0. The first kappa shape index (κ1) is 12.9. The van der Waals surface area contributed by atoms with E-state index < -0.39 is 0 Å². The average molecular weight is 222 g/mol. The fourth-order valence-electron chi connectivity index (χ4n) is 1.52. The number of hydrogen-bond acceptors (Lipinski definition) is 3. The second kappa shape index (κ2) is 6.43. The van der Waals surface area contributed by atoms with Gasteiger partial charge in [0.2, 0.25) is 0 Å². The highest BCUT2D eigenvalue weighted by atomic mass is 15.3. The minimum absolute atomic E-state index is 0.432. The maximum absolute atomic E-state index is 4.26. The predicted octanol–water partition coefficient (Wildman–Crippen LogP) is 1.99. The molecule has 0 aliphatic rings. The average Bonchev–Trinajstić information content (AvgIpc) is 2.62. The van der Waals surface area contributed by atoms with Crippen molar-refractivity contribution in [3.05, 3.63) is 24.8 Å². The van der Waals surface area contributed by atoms with Crippen LogP contribution in [-0.2, 0) is 13.1 Å². The molecule has 1 rings (SSSR count). The number of nitrogens with zero attached hydrogens (tertiary/aromatic N) is 3. The van der Waals surface area contributed by atoms with Crippen molar-refractivity contribution in [3.8, 4) is 0 Å². The van der Waals surface area contributed by atoms with E-state index in [-0.39, 0.29) is 0 Å². The fourth-order valence-corrected chi connectivity index (χ4v) is 1.52. The zero-order valence-electron chi connectivity index (χ0n) is 10.5. The zero-order chi connectivity index (χ0) is 12.0. The molecule has 16 heavy (non-hydrogen) atoms. The number of rotatable bonds is 7. The van der Waals surface area contributed by atoms with Gasteiger partial charge in [0, 0.05) is 12.6 Å². The molecular formula is C12H22N4. The fraction of sp³-hybridized carbons (Fsp3) is 0.667. The second-order valence-electron chi connectivity index (χ2n) is 4.56. The van der Waals surface area contributed by atoms with Crippen molar-refractivity contribution in [2.75, 3.05) is 0 Å². The van der Waals surface area contributed by atoms with Crippen LogP contribution in [-0.4, -0.2) is 20.8 Å². The summed E-state index contributed by atoms with van der Waals surface area (Å²) in [5.74, 6) is 1.59. The van der Waals surface area contributed by atoms with Gasteiger partial charge in [0.25, 0.3) is 0 Å². The molecule has 1 aromatic heterocycles. The largest absolute Gasteiger partial charge is 0.307 e. The Hall–Kier alpha value is -1.16.